The molecule has 0 saturated carbocycles. The average Bonchev–Trinajstić information content (AvgIpc) is 1.87. The lowest BCUT2D eigenvalue weighted by Crippen LogP contribution is -2.03. The van der Waals surface area contributed by atoms with E-state index in [0.717, 1.165) is 0 Å². The predicted octanol–water partition coefficient (Wildman–Crippen LogP) is 1.29. The molecule has 0 radical (unpaired) electrons. The molecule has 2 nitrogen and oxygen atoms in total. The van der Waals surface area contributed by atoms with E-state index in [1.807, 2.05) is 6.92 Å². The maximum absolute atomic E-state index is 10.6. The molecule has 0 heterocycles. The van der Waals surface area contributed by atoms with Gasteiger partial charge in [0.25, 0.3) is 0 Å². The van der Waals surface area contributed by atoms with E-state index in [-0.39, 0.29) is 5.78 Å². The van der Waals surface area contributed by atoms with Crippen molar-refractivity contribution in [2.24, 2.45) is 0 Å². The molecule has 0 rings (SSSR count). The lowest BCUT2D eigenvalue weighted by molar-refractivity contribution is -0.113. The molecule has 0 amide bonds. The van der Waals surface area contributed by atoms with E-state index in [1.165, 1.54) is 6.92 Å². The molecule has 0 bridgehead atoms. The molecule has 10 heavy (non-hydrogen) atoms. The first-order valence-corrected chi connectivity index (χ1v) is 3.45. The lowest BCUT2D eigenvalue weighted by atomic mass is 10.1. The van der Waals surface area contributed by atoms with Gasteiger partial charge in [0.1, 0.15) is 0 Å². The van der Waals surface area contributed by atoms with Gasteiger partial charge in [0.2, 0.25) is 0 Å². The predicted molar refractivity (Wildman–Crippen MR) is 40.7 cm³/mol. The third-order valence-electron chi connectivity index (χ3n) is 1.42. The first-order chi connectivity index (χ1) is 4.57. The summed E-state index contributed by atoms with van der Waals surface area (Å²) >= 11 is 0. The fourth-order valence-corrected chi connectivity index (χ4v) is 0.524. The van der Waals surface area contributed by atoms with Gasteiger partial charge in [-0.1, -0.05) is 6.92 Å². The third-order valence-corrected chi connectivity index (χ3v) is 1.42. The normalized spacial score (nSPS) is 15.0. The van der Waals surface area contributed by atoms with Crippen molar-refractivity contribution in [1.29, 1.82) is 0 Å². The van der Waals surface area contributed by atoms with Crippen molar-refractivity contribution in [2.75, 3.05) is 0 Å². The summed E-state index contributed by atoms with van der Waals surface area (Å²) in [6.45, 7) is 5.07. The second-order valence-electron chi connectivity index (χ2n) is 2.38. The largest absolute Gasteiger partial charge is 0.389 e. The molecule has 0 aliphatic heterocycles. The molecule has 0 aromatic rings. The van der Waals surface area contributed by atoms with Gasteiger partial charge in [0.05, 0.1) is 6.10 Å². The zero-order valence-electron chi connectivity index (χ0n) is 6.72. The molecule has 0 saturated heterocycles. The average molecular weight is 142 g/mol. The number of hydrogen-bond donors (Lipinski definition) is 1. The van der Waals surface area contributed by atoms with Gasteiger partial charge in [-0.05, 0) is 31.9 Å². The molecular formula is C8H14O2. The minimum absolute atomic E-state index is 0.0208. The molecule has 0 spiro atoms. The van der Waals surface area contributed by atoms with Gasteiger partial charge in [0.15, 0.2) is 5.78 Å². The summed E-state index contributed by atoms with van der Waals surface area (Å²) < 4.78 is 0. The van der Waals surface area contributed by atoms with Gasteiger partial charge in [-0.15, -0.1) is 0 Å². The second-order valence-corrected chi connectivity index (χ2v) is 2.38. The monoisotopic (exact) mass is 142 g/mol. The molecule has 1 N–H and O–H groups in total. The number of Topliss-reactive ketones (excluding diaryl/α,β-unsaturated/α-hetero) is 1. The highest BCUT2D eigenvalue weighted by Gasteiger charge is 1.99. The number of allylic oxidation sites excluding steroid dienone is 1. The minimum Gasteiger partial charge on any atom is -0.389 e. The van der Waals surface area contributed by atoms with Crippen LogP contribution in [-0.2, 0) is 4.79 Å². The van der Waals surface area contributed by atoms with Gasteiger partial charge < -0.3 is 5.11 Å². The second kappa shape index (κ2) is 4.23. The van der Waals surface area contributed by atoms with E-state index in [9.17, 15) is 4.79 Å². The topological polar surface area (TPSA) is 37.3 Å². The first kappa shape index (κ1) is 9.37. The van der Waals surface area contributed by atoms with Gasteiger partial charge in [-0.25, -0.2) is 0 Å². The first-order valence-electron chi connectivity index (χ1n) is 3.45. The molecular weight excluding hydrogens is 128 g/mol. The highest BCUT2D eigenvalue weighted by Crippen LogP contribution is 1.99. The SMILES string of the molecule is CCC(O)/C=C(\C)C(C)=O. The number of rotatable bonds is 3. The van der Waals surface area contributed by atoms with Crippen LogP contribution in [-0.4, -0.2) is 17.0 Å². The third kappa shape index (κ3) is 3.41. The van der Waals surface area contributed by atoms with Crippen molar-refractivity contribution in [2.45, 2.75) is 33.3 Å². The highest BCUT2D eigenvalue weighted by molar-refractivity contribution is 5.92. The van der Waals surface area contributed by atoms with Crippen molar-refractivity contribution in [3.8, 4) is 0 Å². The van der Waals surface area contributed by atoms with E-state index < -0.39 is 6.10 Å². The van der Waals surface area contributed by atoms with Crippen molar-refractivity contribution in [3.05, 3.63) is 11.6 Å². The Balaban J connectivity index is 4.02. The van der Waals surface area contributed by atoms with Gasteiger partial charge in [-0.3, -0.25) is 4.79 Å². The van der Waals surface area contributed by atoms with Crippen LogP contribution in [0, 0.1) is 0 Å². The molecule has 1 atom stereocenters. The maximum atomic E-state index is 10.6. The highest BCUT2D eigenvalue weighted by atomic mass is 16.3. The fourth-order valence-electron chi connectivity index (χ4n) is 0.524. The standard InChI is InChI=1S/C8H14O2/c1-4-8(10)5-6(2)7(3)9/h5,8,10H,4H2,1-3H3/b6-5+. The van der Waals surface area contributed by atoms with Crippen LogP contribution in [0.15, 0.2) is 11.6 Å². The van der Waals surface area contributed by atoms with Gasteiger partial charge >= 0.3 is 0 Å². The quantitative estimate of drug-likeness (QED) is 0.603. The Labute approximate surface area is 61.6 Å². The number of carbonyl (C=O) groups excluding carboxylic acids is 1. The number of aliphatic hydroxyl groups excluding tert-OH is 1. The minimum atomic E-state index is -0.469. The van der Waals surface area contributed by atoms with Crippen LogP contribution in [0.2, 0.25) is 0 Å². The molecule has 2 heteroatoms. The Morgan fingerprint density at radius 1 is 1.60 bits per heavy atom. The smallest absolute Gasteiger partial charge is 0.155 e. The summed E-state index contributed by atoms with van der Waals surface area (Å²) in [7, 11) is 0. The summed E-state index contributed by atoms with van der Waals surface area (Å²) in [6.07, 6.45) is 1.77. The summed E-state index contributed by atoms with van der Waals surface area (Å²) in [5, 5.41) is 9.05. The van der Waals surface area contributed by atoms with Crippen LogP contribution in [0.3, 0.4) is 0 Å². The van der Waals surface area contributed by atoms with Gasteiger partial charge in [0, 0.05) is 0 Å². The Hall–Kier alpha value is -0.630. The van der Waals surface area contributed by atoms with Crippen molar-refractivity contribution >= 4 is 5.78 Å². The molecule has 0 aromatic heterocycles. The fraction of sp³-hybridized carbons (Fsp3) is 0.625. The zero-order valence-corrected chi connectivity index (χ0v) is 6.72. The number of aliphatic hydroxyl groups is 1. The lowest BCUT2D eigenvalue weighted by Gasteiger charge is -2.00. The van der Waals surface area contributed by atoms with Crippen LogP contribution in [0.1, 0.15) is 27.2 Å². The summed E-state index contributed by atoms with van der Waals surface area (Å²) in [5.41, 5.74) is 0.634. The van der Waals surface area contributed by atoms with E-state index in [0.29, 0.717) is 12.0 Å². The Morgan fingerprint density at radius 3 is 2.40 bits per heavy atom. The molecule has 0 aliphatic rings. The summed E-state index contributed by atoms with van der Waals surface area (Å²) in [5.74, 6) is 0.0208. The Bertz CT molecular complexity index is 147. The maximum Gasteiger partial charge on any atom is 0.155 e. The van der Waals surface area contributed by atoms with Crippen molar-refractivity contribution < 1.29 is 9.90 Å². The molecule has 0 aliphatic carbocycles. The van der Waals surface area contributed by atoms with Crippen LogP contribution in [0.25, 0.3) is 0 Å². The van der Waals surface area contributed by atoms with E-state index >= 15 is 0 Å². The van der Waals surface area contributed by atoms with Crippen LogP contribution in [0.5, 0.6) is 0 Å². The molecule has 0 fully saturated rings. The zero-order chi connectivity index (χ0) is 8.15. The van der Waals surface area contributed by atoms with Crippen LogP contribution >= 0.6 is 0 Å². The van der Waals surface area contributed by atoms with Crippen LogP contribution in [0.4, 0.5) is 0 Å². The van der Waals surface area contributed by atoms with Crippen LogP contribution < -0.4 is 0 Å². The van der Waals surface area contributed by atoms with Gasteiger partial charge in [-0.2, -0.15) is 0 Å². The Kier molecular flexibility index (Phi) is 3.96. The van der Waals surface area contributed by atoms with Crippen molar-refractivity contribution in [3.63, 3.8) is 0 Å². The van der Waals surface area contributed by atoms with E-state index in [2.05, 4.69) is 0 Å². The summed E-state index contributed by atoms with van der Waals surface area (Å²) in [4.78, 5) is 10.6. The summed E-state index contributed by atoms with van der Waals surface area (Å²) in [6, 6.07) is 0. The van der Waals surface area contributed by atoms with E-state index in [1.54, 1.807) is 13.0 Å². The Morgan fingerprint density at radius 2 is 2.10 bits per heavy atom. The molecule has 0 aromatic carbocycles. The molecule has 1 unspecified atom stereocenters. The van der Waals surface area contributed by atoms with E-state index in [4.69, 9.17) is 5.11 Å². The number of hydrogen-bond acceptors (Lipinski definition) is 2. The van der Waals surface area contributed by atoms with Crippen molar-refractivity contribution in [1.82, 2.24) is 0 Å². The molecule has 58 valence electrons. The number of carbonyl (C=O) groups is 1. The number of ketones is 1.